The highest BCUT2D eigenvalue weighted by Crippen LogP contribution is 2.28. The Morgan fingerprint density at radius 2 is 2.18 bits per heavy atom. The first-order valence-corrected chi connectivity index (χ1v) is 7.15. The molecular weight excluding hydrogens is 210 g/mol. The second kappa shape index (κ2) is 6.80. The lowest BCUT2D eigenvalue weighted by Gasteiger charge is -2.08. The maximum atomic E-state index is 4.71. The molecule has 0 amide bonds. The van der Waals surface area contributed by atoms with Gasteiger partial charge in [0.15, 0.2) is 0 Å². The molecular formula is C14H25N3. The molecule has 0 spiro atoms. The molecule has 1 heterocycles. The zero-order valence-electron chi connectivity index (χ0n) is 11.0. The minimum absolute atomic E-state index is 0.686. The lowest BCUT2D eigenvalue weighted by Crippen LogP contribution is -2.14. The number of aromatic nitrogens is 2. The van der Waals surface area contributed by atoms with E-state index in [0.29, 0.717) is 6.04 Å². The molecule has 1 aliphatic rings. The van der Waals surface area contributed by atoms with E-state index in [1.165, 1.54) is 44.2 Å². The molecule has 96 valence electrons. The number of aryl methyl sites for hydroxylation is 1. The van der Waals surface area contributed by atoms with E-state index < -0.39 is 0 Å². The van der Waals surface area contributed by atoms with Crippen LogP contribution >= 0.6 is 0 Å². The predicted molar refractivity (Wildman–Crippen MR) is 71.2 cm³/mol. The summed E-state index contributed by atoms with van der Waals surface area (Å²) in [6, 6.07) is 2.89. The van der Waals surface area contributed by atoms with Gasteiger partial charge in [-0.15, -0.1) is 0 Å². The van der Waals surface area contributed by atoms with Crippen LogP contribution in [0.1, 0.15) is 57.2 Å². The summed E-state index contributed by atoms with van der Waals surface area (Å²) in [6.45, 7) is 4.37. The van der Waals surface area contributed by atoms with Gasteiger partial charge in [-0.2, -0.15) is 5.10 Å². The Morgan fingerprint density at radius 3 is 2.94 bits per heavy atom. The minimum atomic E-state index is 0.686. The molecule has 17 heavy (non-hydrogen) atoms. The van der Waals surface area contributed by atoms with E-state index in [-0.39, 0.29) is 0 Å². The van der Waals surface area contributed by atoms with Crippen LogP contribution in [0.25, 0.3) is 0 Å². The maximum absolute atomic E-state index is 4.71. The van der Waals surface area contributed by atoms with Gasteiger partial charge in [0.05, 0.1) is 11.7 Å². The Morgan fingerprint density at radius 1 is 1.35 bits per heavy atom. The van der Waals surface area contributed by atoms with Gasteiger partial charge in [0, 0.05) is 6.20 Å². The molecule has 0 atom stereocenters. The Bertz CT molecular complexity index is 313. The molecule has 3 nitrogen and oxygen atoms in total. The average Bonchev–Trinajstić information content (AvgIpc) is 2.99. The number of nitrogens with one attached hydrogen (secondary N) is 1. The highest BCUT2D eigenvalue weighted by atomic mass is 15.3. The van der Waals surface area contributed by atoms with Crippen LogP contribution in [0.15, 0.2) is 12.3 Å². The van der Waals surface area contributed by atoms with Gasteiger partial charge in [0.25, 0.3) is 0 Å². The lowest BCUT2D eigenvalue weighted by atomic mass is 10.2. The molecule has 1 aromatic rings. The molecule has 0 saturated heterocycles. The highest BCUT2D eigenvalue weighted by Gasteiger charge is 2.17. The third-order valence-electron chi connectivity index (χ3n) is 3.65. The normalized spacial score (nSPS) is 16.8. The third kappa shape index (κ3) is 3.84. The second-order valence-corrected chi connectivity index (χ2v) is 5.04. The van der Waals surface area contributed by atoms with Gasteiger partial charge in [-0.05, 0) is 51.3 Å². The van der Waals surface area contributed by atoms with Crippen LogP contribution in [-0.4, -0.2) is 22.9 Å². The van der Waals surface area contributed by atoms with Gasteiger partial charge in [-0.3, -0.25) is 4.68 Å². The summed E-state index contributed by atoms with van der Waals surface area (Å²) in [4.78, 5) is 0. The van der Waals surface area contributed by atoms with Gasteiger partial charge in [0.2, 0.25) is 0 Å². The Balaban J connectivity index is 1.70. The zero-order valence-corrected chi connectivity index (χ0v) is 11.0. The highest BCUT2D eigenvalue weighted by molar-refractivity contribution is 5.00. The summed E-state index contributed by atoms with van der Waals surface area (Å²) in [5.41, 5.74) is 1.27. The SMILES string of the molecule is CCNCCCCc1ccn(C2CCCC2)n1. The average molecular weight is 235 g/mol. The zero-order chi connectivity index (χ0) is 11.9. The Kier molecular flexibility index (Phi) is 5.05. The van der Waals surface area contributed by atoms with E-state index in [9.17, 15) is 0 Å². The quantitative estimate of drug-likeness (QED) is 0.736. The van der Waals surface area contributed by atoms with Crippen molar-refractivity contribution in [3.63, 3.8) is 0 Å². The van der Waals surface area contributed by atoms with Crippen LogP contribution in [0.4, 0.5) is 0 Å². The van der Waals surface area contributed by atoms with Crippen molar-refractivity contribution in [1.29, 1.82) is 0 Å². The van der Waals surface area contributed by atoms with E-state index in [2.05, 4.69) is 29.2 Å². The van der Waals surface area contributed by atoms with Crippen molar-refractivity contribution in [1.82, 2.24) is 15.1 Å². The summed E-state index contributed by atoms with van der Waals surface area (Å²) in [5.74, 6) is 0. The van der Waals surface area contributed by atoms with Gasteiger partial charge in [-0.25, -0.2) is 0 Å². The predicted octanol–water partition coefficient (Wildman–Crippen LogP) is 2.93. The van der Waals surface area contributed by atoms with Crippen LogP contribution in [0.5, 0.6) is 0 Å². The first kappa shape index (κ1) is 12.6. The molecule has 0 aromatic carbocycles. The van der Waals surface area contributed by atoms with E-state index in [1.54, 1.807) is 0 Å². The minimum Gasteiger partial charge on any atom is -0.317 e. The topological polar surface area (TPSA) is 29.9 Å². The van der Waals surface area contributed by atoms with Crippen LogP contribution in [-0.2, 0) is 6.42 Å². The van der Waals surface area contributed by atoms with Gasteiger partial charge in [-0.1, -0.05) is 19.8 Å². The molecule has 1 fully saturated rings. The van der Waals surface area contributed by atoms with E-state index in [0.717, 1.165) is 19.5 Å². The van der Waals surface area contributed by atoms with Crippen molar-refractivity contribution in [3.05, 3.63) is 18.0 Å². The molecule has 0 radical (unpaired) electrons. The Labute approximate surface area is 105 Å². The van der Waals surface area contributed by atoms with E-state index in [1.807, 2.05) is 0 Å². The lowest BCUT2D eigenvalue weighted by molar-refractivity contribution is 0.462. The van der Waals surface area contributed by atoms with Crippen LogP contribution in [0, 0.1) is 0 Å². The summed E-state index contributed by atoms with van der Waals surface area (Å²) >= 11 is 0. The third-order valence-corrected chi connectivity index (χ3v) is 3.65. The van der Waals surface area contributed by atoms with Gasteiger partial charge < -0.3 is 5.32 Å². The molecule has 1 aliphatic carbocycles. The van der Waals surface area contributed by atoms with E-state index >= 15 is 0 Å². The number of rotatable bonds is 7. The maximum Gasteiger partial charge on any atom is 0.0624 e. The molecule has 1 saturated carbocycles. The smallest absolute Gasteiger partial charge is 0.0624 e. The Hall–Kier alpha value is -0.830. The standard InChI is InChI=1S/C14H25N3/c1-2-15-11-6-5-7-13-10-12-17(16-13)14-8-3-4-9-14/h10,12,14-15H,2-9,11H2,1H3. The molecule has 1 aromatic heterocycles. The van der Waals surface area contributed by atoms with Crippen LogP contribution < -0.4 is 5.32 Å². The summed E-state index contributed by atoms with van der Waals surface area (Å²) in [7, 11) is 0. The van der Waals surface area contributed by atoms with Crippen molar-refractivity contribution < 1.29 is 0 Å². The first-order chi connectivity index (χ1) is 8.40. The molecule has 0 unspecified atom stereocenters. The molecule has 2 rings (SSSR count). The summed E-state index contributed by atoms with van der Waals surface area (Å²) in [6.07, 6.45) is 11.2. The van der Waals surface area contributed by atoms with Crippen LogP contribution in [0.3, 0.4) is 0 Å². The number of hydrogen-bond acceptors (Lipinski definition) is 2. The first-order valence-electron chi connectivity index (χ1n) is 7.15. The second-order valence-electron chi connectivity index (χ2n) is 5.04. The monoisotopic (exact) mass is 235 g/mol. The molecule has 1 N–H and O–H groups in total. The fraction of sp³-hybridized carbons (Fsp3) is 0.786. The molecule has 0 bridgehead atoms. The van der Waals surface area contributed by atoms with Crippen molar-refractivity contribution in [3.8, 4) is 0 Å². The van der Waals surface area contributed by atoms with Gasteiger partial charge >= 0.3 is 0 Å². The molecule has 0 aliphatic heterocycles. The van der Waals surface area contributed by atoms with Crippen molar-refractivity contribution >= 4 is 0 Å². The largest absolute Gasteiger partial charge is 0.317 e. The number of hydrogen-bond donors (Lipinski definition) is 1. The fourth-order valence-electron chi connectivity index (χ4n) is 2.62. The van der Waals surface area contributed by atoms with Crippen molar-refractivity contribution in [2.24, 2.45) is 0 Å². The fourth-order valence-corrected chi connectivity index (χ4v) is 2.62. The summed E-state index contributed by atoms with van der Waals surface area (Å²) < 4.78 is 2.20. The van der Waals surface area contributed by atoms with E-state index in [4.69, 9.17) is 5.10 Å². The molecule has 3 heteroatoms. The number of unbranched alkanes of at least 4 members (excludes halogenated alkanes) is 1. The van der Waals surface area contributed by atoms with Crippen molar-refractivity contribution in [2.45, 2.75) is 57.9 Å². The number of nitrogens with zero attached hydrogens (tertiary/aromatic N) is 2. The summed E-state index contributed by atoms with van der Waals surface area (Å²) in [5, 5.41) is 8.07. The van der Waals surface area contributed by atoms with Gasteiger partial charge in [0.1, 0.15) is 0 Å². The van der Waals surface area contributed by atoms with Crippen LogP contribution in [0.2, 0.25) is 0 Å². The van der Waals surface area contributed by atoms with Crippen molar-refractivity contribution in [2.75, 3.05) is 13.1 Å².